The van der Waals surface area contributed by atoms with Gasteiger partial charge in [0.1, 0.15) is 0 Å². The Balaban J connectivity index is 1.30. The predicted molar refractivity (Wildman–Crippen MR) is 140 cm³/mol. The molecular formula is C28H40N6O3. The number of benzene rings is 1. The van der Waals surface area contributed by atoms with Gasteiger partial charge in [-0.2, -0.15) is 0 Å². The number of amides is 1. The van der Waals surface area contributed by atoms with E-state index in [0.717, 1.165) is 6.54 Å². The van der Waals surface area contributed by atoms with Crippen LogP contribution in [0.15, 0.2) is 24.4 Å². The lowest BCUT2D eigenvalue weighted by Crippen LogP contribution is -2.52. The van der Waals surface area contributed by atoms with E-state index in [4.69, 9.17) is 4.74 Å². The summed E-state index contributed by atoms with van der Waals surface area (Å²) in [4.78, 5) is 30.5. The van der Waals surface area contributed by atoms with Crippen molar-refractivity contribution in [2.24, 2.45) is 5.92 Å². The first-order valence-electron chi connectivity index (χ1n) is 13.7. The normalized spacial score (nSPS) is 26.6. The molecule has 2 aromatic rings. The van der Waals surface area contributed by atoms with Crippen molar-refractivity contribution in [3.63, 3.8) is 0 Å². The summed E-state index contributed by atoms with van der Waals surface area (Å²) in [5.41, 5.74) is 3.86. The zero-order chi connectivity index (χ0) is 25.9. The van der Waals surface area contributed by atoms with Crippen LogP contribution in [0, 0.1) is 19.8 Å². The third kappa shape index (κ3) is 5.72. The van der Waals surface area contributed by atoms with E-state index in [9.17, 15) is 9.59 Å². The molecule has 1 aromatic carbocycles. The fourth-order valence-electron chi connectivity index (χ4n) is 6.53. The van der Waals surface area contributed by atoms with Gasteiger partial charge in [0.15, 0.2) is 5.69 Å². The van der Waals surface area contributed by atoms with Gasteiger partial charge in [0.2, 0.25) is 5.91 Å². The second-order valence-corrected chi connectivity index (χ2v) is 11.1. The molecule has 0 bridgehead atoms. The number of hydrogen-bond acceptors (Lipinski definition) is 7. The Morgan fingerprint density at radius 2 is 1.97 bits per heavy atom. The van der Waals surface area contributed by atoms with Gasteiger partial charge < -0.3 is 15.0 Å². The average Bonchev–Trinajstić information content (AvgIpc) is 3.57. The van der Waals surface area contributed by atoms with Crippen LogP contribution in [0.25, 0.3) is 0 Å². The van der Waals surface area contributed by atoms with Crippen molar-refractivity contribution in [2.75, 3.05) is 33.3 Å². The highest BCUT2D eigenvalue weighted by atomic mass is 16.5. The number of methoxy groups -OCH3 is 1. The van der Waals surface area contributed by atoms with Gasteiger partial charge in [-0.3, -0.25) is 9.69 Å². The van der Waals surface area contributed by atoms with E-state index in [2.05, 4.69) is 57.5 Å². The first-order chi connectivity index (χ1) is 17.9. The molecule has 3 fully saturated rings. The summed E-state index contributed by atoms with van der Waals surface area (Å²) in [5, 5.41) is 11.5. The maximum atomic E-state index is 13.7. The maximum absolute atomic E-state index is 13.7. The number of hydrogen-bond donors (Lipinski definition) is 1. The van der Waals surface area contributed by atoms with Gasteiger partial charge in [-0.1, -0.05) is 35.4 Å². The molecule has 0 saturated carbocycles. The average molecular weight is 509 g/mol. The van der Waals surface area contributed by atoms with Gasteiger partial charge in [0.25, 0.3) is 0 Å². The molecule has 9 heteroatoms. The molecule has 4 atom stereocenters. The summed E-state index contributed by atoms with van der Waals surface area (Å²) in [7, 11) is 1.34. The largest absolute Gasteiger partial charge is 0.464 e. The number of rotatable bonds is 7. The van der Waals surface area contributed by atoms with E-state index < -0.39 is 5.97 Å². The number of piperidine rings is 2. The minimum atomic E-state index is -0.505. The van der Waals surface area contributed by atoms with E-state index in [1.807, 2.05) is 0 Å². The number of esters is 1. The quantitative estimate of drug-likeness (QED) is 0.575. The Kier molecular flexibility index (Phi) is 7.90. The first-order valence-corrected chi connectivity index (χ1v) is 13.7. The highest BCUT2D eigenvalue weighted by molar-refractivity contribution is 5.86. The molecule has 1 amide bonds. The lowest BCUT2D eigenvalue weighted by atomic mass is 9.83. The summed E-state index contributed by atoms with van der Waals surface area (Å²) >= 11 is 0. The molecule has 3 aliphatic rings. The molecule has 0 radical (unpaired) electrons. The van der Waals surface area contributed by atoms with E-state index in [-0.39, 0.29) is 23.7 Å². The molecule has 3 saturated heterocycles. The van der Waals surface area contributed by atoms with Crippen molar-refractivity contribution in [3.8, 4) is 0 Å². The predicted octanol–water partition coefficient (Wildman–Crippen LogP) is 2.88. The third-order valence-corrected chi connectivity index (χ3v) is 8.61. The molecule has 1 aromatic heterocycles. The van der Waals surface area contributed by atoms with Crippen LogP contribution in [0.3, 0.4) is 0 Å². The standard InChI is InChI=1S/C28H40N6O3/c1-19-9-10-20(2)22(13-19)16-33-17-23(34-18-24(30-31-34)28(36)37-3)14-26(33)27(35)29-15-21-7-6-12-32-11-5-4-8-25(21)32/h9-10,13,18,21,23,25-26H,4-8,11-12,14-17H2,1-3H3,(H,29,35)/t21-,23+,25+,26-/m0/s1. The Morgan fingerprint density at radius 3 is 2.81 bits per heavy atom. The molecule has 3 aliphatic heterocycles. The highest BCUT2D eigenvalue weighted by Crippen LogP contribution is 2.32. The van der Waals surface area contributed by atoms with Crippen LogP contribution in [-0.2, 0) is 16.1 Å². The summed E-state index contributed by atoms with van der Waals surface area (Å²) in [6, 6.07) is 6.78. The molecule has 0 aliphatic carbocycles. The van der Waals surface area contributed by atoms with Crippen LogP contribution >= 0.6 is 0 Å². The second kappa shape index (κ2) is 11.3. The monoisotopic (exact) mass is 508 g/mol. The molecule has 0 unspecified atom stereocenters. The molecule has 1 N–H and O–H groups in total. The van der Waals surface area contributed by atoms with Gasteiger partial charge in [0, 0.05) is 25.7 Å². The summed E-state index contributed by atoms with van der Waals surface area (Å²) in [6.07, 6.45) is 8.51. The number of aryl methyl sites for hydroxylation is 2. The fourth-order valence-corrected chi connectivity index (χ4v) is 6.53. The van der Waals surface area contributed by atoms with E-state index in [1.54, 1.807) is 10.9 Å². The van der Waals surface area contributed by atoms with Crippen LogP contribution in [-0.4, -0.2) is 82.0 Å². The van der Waals surface area contributed by atoms with Crippen molar-refractivity contribution < 1.29 is 14.3 Å². The zero-order valence-corrected chi connectivity index (χ0v) is 22.4. The molecule has 5 rings (SSSR count). The van der Waals surface area contributed by atoms with Crippen LogP contribution < -0.4 is 5.32 Å². The van der Waals surface area contributed by atoms with Crippen molar-refractivity contribution in [3.05, 3.63) is 46.8 Å². The molecule has 0 spiro atoms. The Hall–Kier alpha value is -2.78. The number of ether oxygens (including phenoxy) is 1. The first kappa shape index (κ1) is 25.9. The maximum Gasteiger partial charge on any atom is 0.360 e. The second-order valence-electron chi connectivity index (χ2n) is 11.1. The third-order valence-electron chi connectivity index (χ3n) is 8.61. The number of carbonyl (C=O) groups excluding carboxylic acids is 2. The minimum absolute atomic E-state index is 0.0460. The Bertz CT molecular complexity index is 1120. The number of likely N-dealkylation sites (tertiary alicyclic amines) is 1. The van der Waals surface area contributed by atoms with Crippen LogP contribution in [0.4, 0.5) is 0 Å². The number of fused-ring (bicyclic) bond motifs is 1. The SMILES string of the molecule is COC(=O)c1cn([C@@H]2C[C@@H](C(=O)NC[C@@H]3CCCN4CCCC[C@H]34)N(Cc3cc(C)ccc3C)C2)nn1. The van der Waals surface area contributed by atoms with E-state index >= 15 is 0 Å². The van der Waals surface area contributed by atoms with Gasteiger partial charge in [0.05, 0.1) is 25.4 Å². The lowest BCUT2D eigenvalue weighted by Gasteiger charge is -2.44. The fraction of sp³-hybridized carbons (Fsp3) is 0.643. The van der Waals surface area contributed by atoms with Crippen LogP contribution in [0.2, 0.25) is 0 Å². The number of carbonyl (C=O) groups is 2. The van der Waals surface area contributed by atoms with Gasteiger partial charge in [-0.05, 0) is 76.1 Å². The summed E-state index contributed by atoms with van der Waals surface area (Å²) in [5.74, 6) is 0.115. The lowest BCUT2D eigenvalue weighted by molar-refractivity contribution is -0.126. The minimum Gasteiger partial charge on any atom is -0.464 e. The summed E-state index contributed by atoms with van der Waals surface area (Å²) < 4.78 is 6.51. The molecule has 4 heterocycles. The summed E-state index contributed by atoms with van der Waals surface area (Å²) in [6.45, 7) is 8.73. The van der Waals surface area contributed by atoms with Gasteiger partial charge >= 0.3 is 5.97 Å². The van der Waals surface area contributed by atoms with Crippen molar-refractivity contribution in [2.45, 2.75) is 77.0 Å². The topological polar surface area (TPSA) is 92.6 Å². The van der Waals surface area contributed by atoms with Crippen LogP contribution in [0.1, 0.15) is 71.7 Å². The molecule has 9 nitrogen and oxygen atoms in total. The Morgan fingerprint density at radius 1 is 1.14 bits per heavy atom. The van der Waals surface area contributed by atoms with E-state index in [1.165, 1.54) is 69.0 Å². The van der Waals surface area contributed by atoms with E-state index in [0.29, 0.717) is 31.5 Å². The highest BCUT2D eigenvalue weighted by Gasteiger charge is 2.39. The van der Waals surface area contributed by atoms with Crippen molar-refractivity contribution in [1.29, 1.82) is 0 Å². The van der Waals surface area contributed by atoms with Crippen LogP contribution in [0.5, 0.6) is 0 Å². The molecular weight excluding hydrogens is 468 g/mol. The number of nitrogens with one attached hydrogen (secondary N) is 1. The number of nitrogens with zero attached hydrogens (tertiary/aromatic N) is 5. The zero-order valence-electron chi connectivity index (χ0n) is 22.4. The Labute approximate surface area is 219 Å². The van der Waals surface area contributed by atoms with Gasteiger partial charge in [-0.15, -0.1) is 5.10 Å². The number of aromatic nitrogens is 3. The smallest absolute Gasteiger partial charge is 0.360 e. The molecule has 37 heavy (non-hydrogen) atoms. The van der Waals surface area contributed by atoms with Crippen molar-refractivity contribution in [1.82, 2.24) is 30.1 Å². The van der Waals surface area contributed by atoms with Gasteiger partial charge in [-0.25, -0.2) is 9.48 Å². The molecule has 200 valence electrons. The van der Waals surface area contributed by atoms with Crippen molar-refractivity contribution >= 4 is 11.9 Å².